The van der Waals surface area contributed by atoms with Crippen molar-refractivity contribution in [1.82, 2.24) is 9.80 Å². The number of rotatable bonds is 4. The normalized spacial score (nSPS) is 14.1. The van der Waals surface area contributed by atoms with Crippen molar-refractivity contribution in [1.29, 1.82) is 0 Å². The third kappa shape index (κ3) is 3.48. The van der Waals surface area contributed by atoms with Gasteiger partial charge in [0.25, 0.3) is 11.8 Å². The molecule has 0 spiro atoms. The molecule has 1 aliphatic heterocycles. The van der Waals surface area contributed by atoms with Gasteiger partial charge in [0, 0.05) is 31.7 Å². The Morgan fingerprint density at radius 2 is 1.46 bits per heavy atom. The first-order valence-corrected chi connectivity index (χ1v) is 9.82. The molecule has 1 fully saturated rings. The summed E-state index contributed by atoms with van der Waals surface area (Å²) in [5.41, 5.74) is 0.802. The smallest absolute Gasteiger partial charge is 0.289 e. The quantitative estimate of drug-likeness (QED) is 0.638. The predicted molar refractivity (Wildman–Crippen MR) is 105 cm³/mol. The lowest BCUT2D eigenvalue weighted by Crippen LogP contribution is -2.50. The van der Waals surface area contributed by atoms with Crippen LogP contribution in [0.15, 0.2) is 64.6 Å². The lowest BCUT2D eigenvalue weighted by Gasteiger charge is -2.34. The van der Waals surface area contributed by atoms with Gasteiger partial charge in [-0.3, -0.25) is 14.4 Å². The molecule has 1 aromatic carbocycles. The second-order valence-corrected chi connectivity index (χ2v) is 7.36. The van der Waals surface area contributed by atoms with Crippen molar-refractivity contribution in [2.75, 3.05) is 26.2 Å². The Bertz CT molecular complexity index is 987. The van der Waals surface area contributed by atoms with E-state index in [1.165, 1.54) is 17.6 Å². The number of carbonyl (C=O) groups is 3. The Hall–Kier alpha value is -3.19. The number of ketones is 1. The molecule has 0 aliphatic carbocycles. The Morgan fingerprint density at radius 1 is 0.786 bits per heavy atom. The van der Waals surface area contributed by atoms with Gasteiger partial charge in [-0.1, -0.05) is 24.3 Å². The largest absolute Gasteiger partial charge is 0.459 e. The summed E-state index contributed by atoms with van der Waals surface area (Å²) in [6.45, 7) is 1.66. The first-order chi connectivity index (χ1) is 13.6. The van der Waals surface area contributed by atoms with E-state index in [0.717, 1.165) is 0 Å². The summed E-state index contributed by atoms with van der Waals surface area (Å²) in [7, 11) is 0. The van der Waals surface area contributed by atoms with E-state index in [4.69, 9.17) is 4.42 Å². The second-order valence-electron chi connectivity index (χ2n) is 6.41. The van der Waals surface area contributed by atoms with E-state index in [1.807, 2.05) is 11.4 Å². The number of carbonyl (C=O) groups excluding carboxylic acids is 3. The van der Waals surface area contributed by atoms with Crippen molar-refractivity contribution >= 4 is 28.9 Å². The molecule has 4 rings (SSSR count). The van der Waals surface area contributed by atoms with E-state index in [0.29, 0.717) is 47.9 Å². The molecule has 0 N–H and O–H groups in total. The minimum Gasteiger partial charge on any atom is -0.459 e. The van der Waals surface area contributed by atoms with E-state index >= 15 is 0 Å². The van der Waals surface area contributed by atoms with Crippen LogP contribution in [0.25, 0.3) is 0 Å². The number of thiophene rings is 1. The maximum Gasteiger partial charge on any atom is 0.289 e. The number of piperazine rings is 1. The zero-order chi connectivity index (χ0) is 19.5. The molecule has 3 heterocycles. The van der Waals surface area contributed by atoms with E-state index in [9.17, 15) is 14.4 Å². The van der Waals surface area contributed by atoms with E-state index in [-0.39, 0.29) is 17.6 Å². The molecule has 2 amide bonds. The number of furan rings is 1. The highest BCUT2D eigenvalue weighted by molar-refractivity contribution is 7.12. The highest BCUT2D eigenvalue weighted by atomic mass is 32.1. The van der Waals surface area contributed by atoms with Gasteiger partial charge in [0.1, 0.15) is 0 Å². The first-order valence-electron chi connectivity index (χ1n) is 8.94. The number of hydrogen-bond acceptors (Lipinski definition) is 5. The van der Waals surface area contributed by atoms with Crippen LogP contribution in [0.5, 0.6) is 0 Å². The van der Waals surface area contributed by atoms with Crippen molar-refractivity contribution in [3.05, 3.63) is 81.9 Å². The van der Waals surface area contributed by atoms with Gasteiger partial charge in [-0.05, 0) is 29.6 Å². The predicted octanol–water partition coefficient (Wildman–Crippen LogP) is 3.17. The molecule has 28 heavy (non-hydrogen) atoms. The van der Waals surface area contributed by atoms with Crippen LogP contribution in [-0.2, 0) is 0 Å². The van der Waals surface area contributed by atoms with Gasteiger partial charge in [-0.2, -0.15) is 0 Å². The third-order valence-electron chi connectivity index (χ3n) is 4.73. The molecular formula is C21H18N2O4S. The van der Waals surface area contributed by atoms with Crippen LogP contribution in [0.4, 0.5) is 0 Å². The lowest BCUT2D eigenvalue weighted by molar-refractivity contribution is 0.0517. The molecule has 1 saturated heterocycles. The minimum atomic E-state index is -0.189. The lowest BCUT2D eigenvalue weighted by atomic mass is 10.0. The number of amides is 2. The van der Waals surface area contributed by atoms with Crippen molar-refractivity contribution in [3.63, 3.8) is 0 Å². The Labute approximate surface area is 166 Å². The van der Waals surface area contributed by atoms with Gasteiger partial charge in [0.2, 0.25) is 5.78 Å². The van der Waals surface area contributed by atoms with Gasteiger partial charge in [0.05, 0.1) is 16.7 Å². The summed E-state index contributed by atoms with van der Waals surface area (Å²) in [5, 5.41) is 1.84. The van der Waals surface area contributed by atoms with Crippen LogP contribution in [0.1, 0.15) is 36.1 Å². The van der Waals surface area contributed by atoms with E-state index < -0.39 is 0 Å². The fourth-order valence-corrected chi connectivity index (χ4v) is 3.93. The molecule has 0 atom stereocenters. The molecule has 0 bridgehead atoms. The average Bonchev–Trinajstić information content (AvgIpc) is 3.46. The van der Waals surface area contributed by atoms with Crippen LogP contribution in [0.2, 0.25) is 0 Å². The first kappa shape index (κ1) is 18.2. The number of hydrogen-bond donors (Lipinski definition) is 0. The van der Waals surface area contributed by atoms with E-state index in [2.05, 4.69) is 0 Å². The zero-order valence-electron chi connectivity index (χ0n) is 15.0. The monoisotopic (exact) mass is 394 g/mol. The van der Waals surface area contributed by atoms with Crippen molar-refractivity contribution < 1.29 is 18.8 Å². The summed E-state index contributed by atoms with van der Waals surface area (Å²) >= 11 is 1.36. The third-order valence-corrected chi connectivity index (χ3v) is 5.60. The molecule has 0 radical (unpaired) electrons. The summed E-state index contributed by atoms with van der Waals surface area (Å²) in [6, 6.07) is 13.8. The Morgan fingerprint density at radius 3 is 2.07 bits per heavy atom. The summed E-state index contributed by atoms with van der Waals surface area (Å²) in [6.07, 6.45) is 1.47. The molecule has 0 saturated carbocycles. The topological polar surface area (TPSA) is 70.8 Å². The van der Waals surface area contributed by atoms with Crippen LogP contribution in [0, 0.1) is 0 Å². The fourth-order valence-electron chi connectivity index (χ4n) is 3.25. The molecule has 6 nitrogen and oxygen atoms in total. The molecule has 3 aromatic rings. The highest BCUT2D eigenvalue weighted by Gasteiger charge is 2.28. The van der Waals surface area contributed by atoms with Gasteiger partial charge in [0.15, 0.2) is 5.76 Å². The van der Waals surface area contributed by atoms with Gasteiger partial charge in [-0.15, -0.1) is 11.3 Å². The average molecular weight is 394 g/mol. The fraction of sp³-hybridized carbons (Fsp3) is 0.190. The van der Waals surface area contributed by atoms with Crippen LogP contribution >= 0.6 is 11.3 Å². The standard InChI is InChI=1S/C21H18N2O4S/c24-19(18-8-4-14-28-18)15-5-1-2-6-16(15)20(25)22-9-11-23(12-10-22)21(26)17-7-3-13-27-17/h1-8,13-14H,9-12H2. The maximum atomic E-state index is 13.1. The van der Waals surface area contributed by atoms with Crippen LogP contribution < -0.4 is 0 Å². The van der Waals surface area contributed by atoms with Crippen LogP contribution in [-0.4, -0.2) is 53.6 Å². The molecule has 0 unspecified atom stereocenters. The number of benzene rings is 1. The summed E-state index contributed by atoms with van der Waals surface area (Å²) in [5.74, 6) is -0.215. The van der Waals surface area contributed by atoms with Gasteiger partial charge < -0.3 is 14.2 Å². The zero-order valence-corrected chi connectivity index (χ0v) is 15.9. The molecule has 142 valence electrons. The van der Waals surface area contributed by atoms with Gasteiger partial charge in [-0.25, -0.2) is 0 Å². The van der Waals surface area contributed by atoms with E-state index in [1.54, 1.807) is 52.3 Å². The molecule has 7 heteroatoms. The molecule has 2 aromatic heterocycles. The Balaban J connectivity index is 1.48. The SMILES string of the molecule is O=C(c1cccs1)c1ccccc1C(=O)N1CCN(C(=O)c2ccco2)CC1. The maximum absolute atomic E-state index is 13.1. The summed E-state index contributed by atoms with van der Waals surface area (Å²) < 4.78 is 5.16. The van der Waals surface area contributed by atoms with Crippen molar-refractivity contribution in [3.8, 4) is 0 Å². The van der Waals surface area contributed by atoms with Crippen molar-refractivity contribution in [2.24, 2.45) is 0 Å². The Kier molecular flexibility index (Phi) is 5.08. The van der Waals surface area contributed by atoms with Crippen LogP contribution in [0.3, 0.4) is 0 Å². The van der Waals surface area contributed by atoms with Crippen molar-refractivity contribution in [2.45, 2.75) is 0 Å². The minimum absolute atomic E-state index is 0.148. The van der Waals surface area contributed by atoms with Gasteiger partial charge >= 0.3 is 0 Å². The second kappa shape index (κ2) is 7.82. The molecule has 1 aliphatic rings. The summed E-state index contributed by atoms with van der Waals surface area (Å²) in [4.78, 5) is 42.2. The molecular weight excluding hydrogens is 376 g/mol. The highest BCUT2D eigenvalue weighted by Crippen LogP contribution is 2.20. The number of nitrogens with zero attached hydrogens (tertiary/aromatic N) is 2.